The van der Waals surface area contributed by atoms with Crippen molar-refractivity contribution in [3.05, 3.63) is 34.4 Å². The Hall–Kier alpha value is -1.92. The predicted octanol–water partition coefficient (Wildman–Crippen LogP) is 1.78. The Morgan fingerprint density at radius 3 is 2.40 bits per heavy atom. The van der Waals surface area contributed by atoms with Crippen LogP contribution in [0.2, 0.25) is 0 Å². The zero-order valence-corrected chi connectivity index (χ0v) is 11.3. The molecule has 0 spiro atoms. The number of rotatable bonds is 8. The van der Waals surface area contributed by atoms with Crippen molar-refractivity contribution < 1.29 is 28.8 Å². The molecule has 1 N–H and O–H groups in total. The lowest BCUT2D eigenvalue weighted by Gasteiger charge is -2.23. The van der Waals surface area contributed by atoms with E-state index in [4.69, 9.17) is 9.63 Å². The minimum absolute atomic E-state index is 0.00725. The maximum Gasteiger partial charge on any atom is 0.303 e. The predicted molar refractivity (Wildman–Crippen MR) is 67.7 cm³/mol. The lowest BCUT2D eigenvalue weighted by molar-refractivity contribution is -0.384. The third-order valence-electron chi connectivity index (χ3n) is 2.36. The van der Waals surface area contributed by atoms with Gasteiger partial charge in [-0.25, -0.2) is 0 Å². The van der Waals surface area contributed by atoms with Crippen molar-refractivity contribution in [2.45, 2.75) is 19.3 Å². The van der Waals surface area contributed by atoms with E-state index in [0.717, 1.165) is 12.1 Å². The molecular weight excluding hydrogens is 289 g/mol. The van der Waals surface area contributed by atoms with Gasteiger partial charge in [0.25, 0.3) is 5.69 Å². The summed E-state index contributed by atoms with van der Waals surface area (Å²) < 4.78 is 16.4. The summed E-state index contributed by atoms with van der Waals surface area (Å²) in [6, 6.07) is 4.67. The van der Waals surface area contributed by atoms with E-state index < -0.39 is 18.5 Å². The topological polar surface area (TPSA) is 130 Å². The molecule has 1 unspecified atom stereocenters. The zero-order valence-electron chi connectivity index (χ0n) is 10.4. The van der Waals surface area contributed by atoms with Crippen LogP contribution in [0.15, 0.2) is 24.3 Å². The Morgan fingerprint density at radius 2 is 1.90 bits per heavy atom. The molecule has 1 aromatic rings. The largest absolute Gasteiger partial charge is 0.769 e. The van der Waals surface area contributed by atoms with E-state index in [2.05, 4.69) is 0 Å². The van der Waals surface area contributed by atoms with Gasteiger partial charge in [0.15, 0.2) is 7.60 Å². The summed E-state index contributed by atoms with van der Waals surface area (Å²) in [7, 11) is -4.13. The van der Waals surface area contributed by atoms with Gasteiger partial charge < -0.3 is 14.5 Å². The molecule has 0 saturated carbocycles. The van der Waals surface area contributed by atoms with Crippen molar-refractivity contribution in [2.75, 3.05) is 6.16 Å². The first kappa shape index (κ1) is 16.1. The molecule has 0 heterocycles. The number of nitro groups is 1. The third kappa shape index (κ3) is 5.81. The summed E-state index contributed by atoms with van der Waals surface area (Å²) in [5.41, 5.74) is -0.167. The minimum atomic E-state index is -4.13. The van der Waals surface area contributed by atoms with Gasteiger partial charge in [-0.15, -0.1) is 0 Å². The van der Waals surface area contributed by atoms with E-state index in [9.17, 15) is 24.4 Å². The van der Waals surface area contributed by atoms with E-state index in [1.54, 1.807) is 0 Å². The van der Waals surface area contributed by atoms with Crippen molar-refractivity contribution >= 4 is 19.3 Å². The lowest BCUT2D eigenvalue weighted by atomic mass is 10.2. The fourth-order valence-electron chi connectivity index (χ4n) is 1.42. The first-order valence-corrected chi connectivity index (χ1v) is 7.49. The van der Waals surface area contributed by atoms with Gasteiger partial charge in [0.2, 0.25) is 0 Å². The van der Waals surface area contributed by atoms with Crippen molar-refractivity contribution in [3.63, 3.8) is 0 Å². The van der Waals surface area contributed by atoms with Gasteiger partial charge in [-0.05, 0) is 25.0 Å². The molecule has 1 rings (SSSR count). The number of nitrogens with zero attached hydrogens (tertiary/aromatic N) is 1. The molecule has 0 bridgehead atoms. The Kier molecular flexibility index (Phi) is 5.66. The van der Waals surface area contributed by atoms with E-state index in [0.29, 0.717) is 0 Å². The summed E-state index contributed by atoms with van der Waals surface area (Å²) >= 11 is 0. The molecule has 0 aliphatic rings. The molecular formula is C11H13NO7P-. The molecule has 1 aromatic carbocycles. The van der Waals surface area contributed by atoms with Crippen LogP contribution in [0, 0.1) is 10.1 Å². The number of unbranched alkanes of at least 4 members (excludes halogenated alkanes) is 1. The van der Waals surface area contributed by atoms with Crippen molar-refractivity contribution in [1.29, 1.82) is 0 Å². The molecule has 1 atom stereocenters. The Morgan fingerprint density at radius 1 is 1.30 bits per heavy atom. The molecule has 20 heavy (non-hydrogen) atoms. The number of carboxylic acid groups (broad SMARTS) is 1. The minimum Gasteiger partial charge on any atom is -0.769 e. The number of hydrogen-bond acceptors (Lipinski definition) is 6. The molecule has 0 aliphatic heterocycles. The maximum atomic E-state index is 11.6. The Bertz CT molecular complexity index is 528. The molecule has 0 amide bonds. The highest BCUT2D eigenvalue weighted by atomic mass is 31.2. The maximum absolute atomic E-state index is 11.6. The fourth-order valence-corrected chi connectivity index (χ4v) is 2.56. The van der Waals surface area contributed by atoms with Crippen LogP contribution in [0.1, 0.15) is 19.3 Å². The first-order valence-electron chi connectivity index (χ1n) is 5.76. The standard InChI is InChI=1S/C11H14NO7P/c13-11(14)3-1-2-8-20(17,18)19-10-6-4-9(5-7-10)12(15)16/h4-7H,1-3,8H2,(H,13,14)(H,17,18)/p-1. The SMILES string of the molecule is O=C(O)CCCCP(=O)([O-])Oc1ccc([N+](=O)[O-])cc1. The number of nitro benzene ring substituents is 1. The smallest absolute Gasteiger partial charge is 0.303 e. The van der Waals surface area contributed by atoms with Crippen LogP contribution in [0.4, 0.5) is 5.69 Å². The van der Waals surface area contributed by atoms with Crippen molar-refractivity contribution in [1.82, 2.24) is 0 Å². The fraction of sp³-hybridized carbons (Fsp3) is 0.364. The third-order valence-corrected chi connectivity index (χ3v) is 3.72. The normalized spacial score (nSPS) is 13.4. The van der Waals surface area contributed by atoms with Gasteiger partial charge in [0.05, 0.1) is 4.92 Å². The number of non-ortho nitro benzene ring substituents is 1. The molecule has 110 valence electrons. The van der Waals surface area contributed by atoms with Crippen LogP contribution < -0.4 is 9.42 Å². The highest BCUT2D eigenvalue weighted by Gasteiger charge is 2.12. The Labute approximate surface area is 114 Å². The van der Waals surface area contributed by atoms with Crippen LogP contribution >= 0.6 is 7.60 Å². The van der Waals surface area contributed by atoms with E-state index >= 15 is 0 Å². The molecule has 0 saturated heterocycles. The summed E-state index contributed by atoms with van der Waals surface area (Å²) in [6.07, 6.45) is 0.0417. The first-order chi connectivity index (χ1) is 9.30. The number of hydrogen-bond donors (Lipinski definition) is 1. The number of aliphatic carboxylic acids is 1. The monoisotopic (exact) mass is 302 g/mol. The average molecular weight is 302 g/mol. The van der Waals surface area contributed by atoms with Crippen LogP contribution in [0.5, 0.6) is 5.75 Å². The summed E-state index contributed by atoms with van der Waals surface area (Å²) in [6.45, 7) is 0. The second kappa shape index (κ2) is 7.02. The zero-order chi connectivity index (χ0) is 15.2. The number of carboxylic acids is 1. The molecule has 0 aromatic heterocycles. The number of carbonyl (C=O) groups is 1. The van der Waals surface area contributed by atoms with Crippen LogP contribution in [-0.2, 0) is 9.36 Å². The lowest BCUT2D eigenvalue weighted by Crippen LogP contribution is -2.11. The summed E-state index contributed by atoms with van der Waals surface area (Å²) in [4.78, 5) is 31.7. The average Bonchev–Trinajstić information content (AvgIpc) is 2.34. The van der Waals surface area contributed by atoms with Crippen molar-refractivity contribution in [3.8, 4) is 5.75 Å². The second-order valence-corrected chi connectivity index (χ2v) is 5.88. The van der Waals surface area contributed by atoms with Crippen LogP contribution in [-0.4, -0.2) is 22.2 Å². The quantitative estimate of drug-likeness (QED) is 0.335. The van der Waals surface area contributed by atoms with Gasteiger partial charge >= 0.3 is 5.97 Å². The van der Waals surface area contributed by atoms with Crippen LogP contribution in [0.25, 0.3) is 0 Å². The highest BCUT2D eigenvalue weighted by molar-refractivity contribution is 7.51. The Balaban J connectivity index is 2.50. The molecule has 0 fully saturated rings. The van der Waals surface area contributed by atoms with E-state index in [-0.39, 0.29) is 36.9 Å². The molecule has 8 nitrogen and oxygen atoms in total. The van der Waals surface area contributed by atoms with Gasteiger partial charge in [-0.1, -0.05) is 0 Å². The van der Waals surface area contributed by atoms with Gasteiger partial charge in [-0.3, -0.25) is 19.5 Å². The van der Waals surface area contributed by atoms with Gasteiger partial charge in [0, 0.05) is 24.7 Å². The summed E-state index contributed by atoms with van der Waals surface area (Å²) in [5.74, 6) is -0.991. The highest BCUT2D eigenvalue weighted by Crippen LogP contribution is 2.39. The second-order valence-electron chi connectivity index (χ2n) is 4.03. The van der Waals surface area contributed by atoms with Crippen LogP contribution in [0.3, 0.4) is 0 Å². The van der Waals surface area contributed by atoms with E-state index in [1.165, 1.54) is 12.1 Å². The van der Waals surface area contributed by atoms with E-state index in [1.807, 2.05) is 0 Å². The summed E-state index contributed by atoms with van der Waals surface area (Å²) in [5, 5.41) is 18.8. The van der Waals surface area contributed by atoms with Gasteiger partial charge in [0.1, 0.15) is 5.75 Å². The molecule has 9 heteroatoms. The number of benzene rings is 1. The molecule has 0 radical (unpaired) electrons. The van der Waals surface area contributed by atoms with Crippen molar-refractivity contribution in [2.24, 2.45) is 0 Å². The molecule has 0 aliphatic carbocycles. The van der Waals surface area contributed by atoms with Gasteiger partial charge in [-0.2, -0.15) is 0 Å².